The van der Waals surface area contributed by atoms with Gasteiger partial charge in [-0.3, -0.25) is 0 Å². The van der Waals surface area contributed by atoms with Gasteiger partial charge in [-0.15, -0.1) is 11.3 Å². The molecule has 9 heterocycles. The van der Waals surface area contributed by atoms with Crippen molar-refractivity contribution >= 4 is 174 Å². The number of benzene rings is 19. The highest BCUT2D eigenvalue weighted by Crippen LogP contribution is 2.63. The van der Waals surface area contributed by atoms with Crippen LogP contribution in [0.4, 0.5) is 0 Å². The Morgan fingerprint density at radius 1 is 0.245 bits per heavy atom. The minimum atomic E-state index is -0.286. The summed E-state index contributed by atoms with van der Waals surface area (Å²) in [7, 11) is 0. The number of hydrogen-bond acceptors (Lipinski definition) is 12. The van der Waals surface area contributed by atoms with Crippen molar-refractivity contribution in [2.24, 2.45) is 11.3 Å². The first-order valence-electron chi connectivity index (χ1n) is 50.7. The molecule has 0 saturated carbocycles. The van der Waals surface area contributed by atoms with Gasteiger partial charge in [0.1, 0.15) is 44.7 Å². The fourth-order valence-electron chi connectivity index (χ4n) is 24.8. The molecule has 0 N–H and O–H groups in total. The van der Waals surface area contributed by atoms with Crippen LogP contribution >= 0.6 is 11.3 Å². The molecule has 31 rings (SSSR count). The van der Waals surface area contributed by atoms with Crippen LogP contribution in [0, 0.1) is 11.3 Å². The summed E-state index contributed by atoms with van der Waals surface area (Å²) in [5.41, 5.74) is 36.2. The lowest BCUT2D eigenvalue weighted by atomic mass is 9.62. The van der Waals surface area contributed by atoms with Crippen LogP contribution in [-0.4, -0.2) is 34.9 Å². The number of furan rings is 4. The molecule has 11 nitrogen and oxygen atoms in total. The van der Waals surface area contributed by atoms with Crippen LogP contribution in [0.5, 0.6) is 0 Å². The molecule has 0 saturated heterocycles. The van der Waals surface area contributed by atoms with Gasteiger partial charge in [-0.05, 0) is 187 Å². The van der Waals surface area contributed by atoms with E-state index < -0.39 is 0 Å². The normalized spacial score (nSPS) is 15.0. The molecule has 9 aromatic heterocycles. The molecule has 3 aliphatic carbocycles. The first-order valence-corrected chi connectivity index (χ1v) is 51.5. The van der Waals surface area contributed by atoms with Crippen molar-refractivity contribution in [2.75, 3.05) is 0 Å². The Labute approximate surface area is 850 Å². The summed E-state index contributed by atoms with van der Waals surface area (Å²) in [6, 6.07) is 139. The van der Waals surface area contributed by atoms with Crippen molar-refractivity contribution in [3.63, 3.8) is 0 Å². The second-order valence-electron chi connectivity index (χ2n) is 41.9. The topological polar surface area (TPSA) is 143 Å². The van der Waals surface area contributed by atoms with Crippen LogP contribution in [0.3, 0.4) is 0 Å². The van der Waals surface area contributed by atoms with Gasteiger partial charge in [0.15, 0.2) is 17.5 Å². The first kappa shape index (κ1) is 86.0. The van der Waals surface area contributed by atoms with Gasteiger partial charge in [-0.1, -0.05) is 353 Å². The third-order valence-corrected chi connectivity index (χ3v) is 33.7. The van der Waals surface area contributed by atoms with E-state index in [0.29, 0.717) is 11.7 Å². The lowest BCUT2D eigenvalue weighted by molar-refractivity contribution is 0.255. The van der Waals surface area contributed by atoms with Gasteiger partial charge >= 0.3 is 0 Å². The van der Waals surface area contributed by atoms with Gasteiger partial charge < -0.3 is 17.7 Å². The van der Waals surface area contributed by atoms with Crippen molar-refractivity contribution in [3.8, 4) is 113 Å². The quantitative estimate of drug-likeness (QED) is 0.134. The molecule has 0 fully saturated rings. The van der Waals surface area contributed by atoms with Crippen LogP contribution in [0.1, 0.15) is 95.7 Å². The van der Waals surface area contributed by atoms with E-state index in [-0.39, 0.29) is 21.7 Å². The zero-order chi connectivity index (χ0) is 98.4. The number of nitrogens with zero attached hydrogens (tertiary/aromatic N) is 7. The van der Waals surface area contributed by atoms with E-state index in [2.05, 4.69) is 414 Å². The van der Waals surface area contributed by atoms with Crippen LogP contribution in [0.15, 0.2) is 412 Å². The molecule has 0 aliphatic heterocycles. The summed E-state index contributed by atoms with van der Waals surface area (Å²) < 4.78 is 28.4. The van der Waals surface area contributed by atoms with Crippen molar-refractivity contribution in [2.45, 2.75) is 78.6 Å². The summed E-state index contributed by atoms with van der Waals surface area (Å²) in [5, 5.41) is 18.0. The number of hydrogen-bond donors (Lipinski definition) is 0. The van der Waals surface area contributed by atoms with Crippen molar-refractivity contribution in [1.29, 1.82) is 0 Å². The fraction of sp³-hybridized carbons (Fsp3) is 0.104. The van der Waals surface area contributed by atoms with Crippen molar-refractivity contribution < 1.29 is 17.7 Å². The molecule has 12 heteroatoms. The lowest BCUT2D eigenvalue weighted by Crippen LogP contribution is -2.36. The monoisotopic (exact) mass is 1910 g/mol. The molecule has 0 bridgehead atoms. The van der Waals surface area contributed by atoms with Crippen LogP contribution in [0.25, 0.3) is 275 Å². The van der Waals surface area contributed by atoms with E-state index in [9.17, 15) is 0 Å². The average Bonchev–Trinajstić information content (AvgIpc) is 1.52. The lowest BCUT2D eigenvalue weighted by Gasteiger charge is -2.41. The molecule has 0 spiro atoms. The number of fused-ring (bicyclic) bond motifs is 34. The Hall–Kier alpha value is -17.7. The molecule has 3 aliphatic rings. The van der Waals surface area contributed by atoms with E-state index in [0.717, 1.165) is 205 Å². The molecular formula is C135H93N7O4S. The number of thiophene rings is 1. The highest BCUT2D eigenvalue weighted by molar-refractivity contribution is 7.26. The maximum atomic E-state index is 6.81. The standard InChI is InChI=1S/C48H31N3O.C44H32N2O2.C43H30N2OS/c1-48(2)37-24-26-41-43(33-18-9-11-22-40(33)52-41)42(37)34-19-12-20-35(44(34)48)47-50-39-25-23-29(27-36(39)45(51-47)28-13-4-3-5-14-28)46-32-17-7-6-15-30(32)31-16-8-10-21-38(31)49-46;1-43(2,3)44(4)30-19-11-8-16-26(30)36-31(44)24-29(41-38(36)28-18-10-13-21-34(28)48-41)42-45-32-22-23-35-37(27-17-9-12-20-33(27)47-35)39(32)40(46-42)25-14-6-5-7-15-25;1-24(2)43(3)32-18-17-26(21-29(32)30-22-31-27-13-7-9-15-35(27)46-36(31)23-33(30)43)42-44-34-19-20-38-39(28-14-8-10-16-37(28)47-38)40(34)41(45-42)25-11-5-4-6-12-25/h3-27H,1-2H3;5-24H,1-4H3;4-24H,1-3H3. The predicted octanol–water partition coefficient (Wildman–Crippen LogP) is 36.8. The largest absolute Gasteiger partial charge is 0.456 e. The molecule has 698 valence electrons. The summed E-state index contributed by atoms with van der Waals surface area (Å²) in [5.74, 6) is 2.50. The minimum absolute atomic E-state index is 0.0772. The molecule has 2 atom stereocenters. The molecule has 0 amide bonds. The van der Waals surface area contributed by atoms with Gasteiger partial charge in [0.05, 0.1) is 50.4 Å². The third kappa shape index (κ3) is 12.8. The number of rotatable bonds is 8. The smallest absolute Gasteiger partial charge is 0.164 e. The Morgan fingerprint density at radius 3 is 1.44 bits per heavy atom. The summed E-state index contributed by atoms with van der Waals surface area (Å²) >= 11 is 1.83. The molecular weight excluding hydrogens is 1820 g/mol. The van der Waals surface area contributed by atoms with E-state index in [4.69, 9.17) is 52.6 Å². The molecule has 147 heavy (non-hydrogen) atoms. The van der Waals surface area contributed by atoms with Crippen molar-refractivity contribution in [1.82, 2.24) is 34.9 Å². The van der Waals surface area contributed by atoms with E-state index in [1.165, 1.54) is 97.7 Å². The van der Waals surface area contributed by atoms with Crippen LogP contribution in [0.2, 0.25) is 0 Å². The highest BCUT2D eigenvalue weighted by atomic mass is 32.1. The maximum absolute atomic E-state index is 6.81. The van der Waals surface area contributed by atoms with Gasteiger partial charge in [-0.2, -0.15) is 0 Å². The second-order valence-corrected chi connectivity index (χ2v) is 43.0. The summed E-state index contributed by atoms with van der Waals surface area (Å²) in [6.07, 6.45) is 0. The van der Waals surface area contributed by atoms with E-state index >= 15 is 0 Å². The van der Waals surface area contributed by atoms with Gasteiger partial charge in [0.2, 0.25) is 0 Å². The number of pyridine rings is 1. The highest BCUT2D eigenvalue weighted by Gasteiger charge is 2.50. The Balaban J connectivity index is 0.000000104. The van der Waals surface area contributed by atoms with Crippen LogP contribution < -0.4 is 0 Å². The first-order chi connectivity index (χ1) is 71.9. The Bertz CT molecular complexity index is 10500. The second kappa shape index (κ2) is 32.1. The third-order valence-electron chi connectivity index (χ3n) is 32.6. The summed E-state index contributed by atoms with van der Waals surface area (Å²) in [6.45, 7) is 21.1. The predicted molar refractivity (Wildman–Crippen MR) is 607 cm³/mol. The van der Waals surface area contributed by atoms with Gasteiger partial charge in [0, 0.05) is 140 Å². The van der Waals surface area contributed by atoms with E-state index in [1.54, 1.807) is 0 Å². The molecule has 19 aromatic carbocycles. The van der Waals surface area contributed by atoms with Gasteiger partial charge in [-0.25, -0.2) is 34.9 Å². The zero-order valence-electron chi connectivity index (χ0n) is 82.3. The Kier molecular flexibility index (Phi) is 18.8. The Morgan fingerprint density at radius 2 is 0.728 bits per heavy atom. The molecule has 2 unspecified atom stereocenters. The summed E-state index contributed by atoms with van der Waals surface area (Å²) in [4.78, 5) is 37.5. The molecule has 0 radical (unpaired) electrons. The fourth-order valence-corrected chi connectivity index (χ4v) is 25.9. The van der Waals surface area contributed by atoms with Crippen LogP contribution in [-0.2, 0) is 16.2 Å². The number of para-hydroxylation sites is 5. The number of aromatic nitrogens is 7. The van der Waals surface area contributed by atoms with Gasteiger partial charge in [0.25, 0.3) is 0 Å². The average molecular weight is 1910 g/mol. The van der Waals surface area contributed by atoms with E-state index in [1.807, 2.05) is 53.8 Å². The maximum Gasteiger partial charge on any atom is 0.164 e. The molecule has 28 aromatic rings. The minimum Gasteiger partial charge on any atom is -0.456 e. The SMILES string of the molecule is CC(C)(C)C1(C)c2ccccc2-c2c1cc(-c1nc(-c3ccccc3)c3c(ccc4oc5ccccc5c43)n1)c1oc3ccccc3c21.CC(C)C1(C)c2ccc(-c3nc(-c4ccccc4)c4c(ccc5sc6ccccc6c54)n3)cc2-c2cc3c(cc21)oc1ccccc13.CC1(C)c2ccc3oc4ccccc4c3c2-c2cccc(-c3nc(-c4ccccc4)c4cc(-c5nc6ccccc6c6ccccc56)ccc4n3)c21. The zero-order valence-corrected chi connectivity index (χ0v) is 83.1. The van der Waals surface area contributed by atoms with Crippen molar-refractivity contribution in [3.05, 3.63) is 428 Å².